The molecule has 2 aliphatic heterocycles. The molecule has 2 heterocycles. The summed E-state index contributed by atoms with van der Waals surface area (Å²) in [6, 6.07) is 15.3. The largest absolute Gasteiger partial charge is 0.377 e. The van der Waals surface area contributed by atoms with E-state index in [1.807, 2.05) is 48.5 Å². The number of hydrogen-bond acceptors (Lipinski definition) is 10. The summed E-state index contributed by atoms with van der Waals surface area (Å²) in [7, 11) is 0. The molecule has 0 unspecified atom stereocenters. The van der Waals surface area contributed by atoms with Crippen LogP contribution in [0.2, 0.25) is 0 Å². The van der Waals surface area contributed by atoms with Gasteiger partial charge in [0.1, 0.15) is 13.2 Å². The lowest BCUT2D eigenvalue weighted by Gasteiger charge is -2.26. The lowest BCUT2D eigenvalue weighted by Crippen LogP contribution is -2.36. The Labute approximate surface area is 260 Å². The van der Waals surface area contributed by atoms with E-state index < -0.39 is 24.4 Å². The second-order valence-electron chi connectivity index (χ2n) is 9.88. The summed E-state index contributed by atoms with van der Waals surface area (Å²) in [6.45, 7) is 1.29. The van der Waals surface area contributed by atoms with Crippen LogP contribution in [-0.4, -0.2) is 94.1 Å². The fraction of sp³-hybridized carbons (Fsp3) is 0.406. The number of para-hydroxylation sites is 1. The Morgan fingerprint density at radius 3 is 2.02 bits per heavy atom. The van der Waals surface area contributed by atoms with E-state index in [2.05, 4.69) is 22.0 Å². The molecule has 2 aliphatic rings. The van der Waals surface area contributed by atoms with Crippen LogP contribution in [0.1, 0.15) is 36.0 Å². The summed E-state index contributed by atoms with van der Waals surface area (Å²) in [4.78, 5) is 66.2. The number of ether oxygens (including phenoxy) is 4. The lowest BCUT2D eigenvalue weighted by molar-refractivity contribution is -0.200. The molecule has 0 aliphatic carbocycles. The second kappa shape index (κ2) is 17.6. The highest BCUT2D eigenvalue weighted by Crippen LogP contribution is 2.25. The number of imide groups is 1. The predicted molar refractivity (Wildman–Crippen MR) is 158 cm³/mol. The summed E-state index contributed by atoms with van der Waals surface area (Å²) in [5.41, 5.74) is 3.36. The maximum absolute atomic E-state index is 13.2. The standard InChI is InChI=1S/C32H35N3O10/c36-28(22-43-19-17-41-15-16-42-18-20-44-23-32(40)45-35-30(38)11-12-31(35)39)33-14-13-29(37)34-21-26-7-2-1-5-24(26)9-10-25-6-3-4-8-27(25)34/h1-8H,11-23H2,(H,33,36). The third kappa shape index (κ3) is 10.5. The number of benzene rings is 2. The summed E-state index contributed by atoms with van der Waals surface area (Å²) >= 11 is 0. The number of hydrogen-bond donors (Lipinski definition) is 1. The molecular formula is C32H35N3O10. The number of carbonyl (C=O) groups excluding carboxylic acids is 5. The smallest absolute Gasteiger partial charge is 0.358 e. The third-order valence-corrected chi connectivity index (χ3v) is 6.60. The topological polar surface area (TPSA) is 150 Å². The van der Waals surface area contributed by atoms with Crippen LogP contribution < -0.4 is 10.2 Å². The number of hydroxylamine groups is 2. The van der Waals surface area contributed by atoms with Gasteiger partial charge in [-0.3, -0.25) is 19.2 Å². The summed E-state index contributed by atoms with van der Waals surface area (Å²) in [5, 5.41) is 3.18. The van der Waals surface area contributed by atoms with E-state index in [0.29, 0.717) is 11.6 Å². The molecule has 0 saturated carbocycles. The van der Waals surface area contributed by atoms with Crippen molar-refractivity contribution in [3.8, 4) is 11.8 Å². The first-order valence-corrected chi connectivity index (χ1v) is 14.6. The van der Waals surface area contributed by atoms with Crippen LogP contribution in [-0.2, 0) is 54.3 Å². The minimum atomic E-state index is -0.847. The van der Waals surface area contributed by atoms with E-state index in [-0.39, 0.29) is 83.9 Å². The predicted octanol–water partition coefficient (Wildman–Crippen LogP) is 1.11. The lowest BCUT2D eigenvalue weighted by atomic mass is 10.0. The van der Waals surface area contributed by atoms with Crippen molar-refractivity contribution in [3.63, 3.8) is 0 Å². The van der Waals surface area contributed by atoms with Crippen LogP contribution in [0.15, 0.2) is 48.5 Å². The third-order valence-electron chi connectivity index (χ3n) is 6.60. The SMILES string of the molecule is O=C(COCCOCCOCCOCC(=O)ON1C(=O)CCC1=O)NCCC(=O)N1Cc2ccccc2C#Cc2ccccc21. The number of anilines is 1. The molecule has 0 spiro atoms. The molecule has 2 aromatic rings. The first kappa shape index (κ1) is 33.3. The van der Waals surface area contributed by atoms with E-state index in [1.165, 1.54) is 0 Å². The average Bonchev–Trinajstić information content (AvgIpc) is 3.34. The first-order chi connectivity index (χ1) is 21.9. The Balaban J connectivity index is 1.01. The molecule has 1 fully saturated rings. The molecule has 0 radical (unpaired) electrons. The van der Waals surface area contributed by atoms with Crippen LogP contribution in [0, 0.1) is 11.8 Å². The normalized spacial score (nSPS) is 13.7. The Kier molecular flexibility index (Phi) is 13.0. The van der Waals surface area contributed by atoms with Gasteiger partial charge < -0.3 is 34.0 Å². The zero-order chi connectivity index (χ0) is 31.9. The van der Waals surface area contributed by atoms with Gasteiger partial charge in [-0.1, -0.05) is 42.2 Å². The number of fused-ring (bicyclic) bond motifs is 2. The van der Waals surface area contributed by atoms with Crippen LogP contribution in [0.3, 0.4) is 0 Å². The Bertz CT molecular complexity index is 1420. The van der Waals surface area contributed by atoms with E-state index >= 15 is 0 Å². The van der Waals surface area contributed by atoms with Crippen molar-refractivity contribution in [2.45, 2.75) is 25.8 Å². The molecule has 4 rings (SSSR count). The van der Waals surface area contributed by atoms with Crippen molar-refractivity contribution in [2.75, 3.05) is 64.3 Å². The number of carbonyl (C=O) groups is 5. The van der Waals surface area contributed by atoms with Gasteiger partial charge in [-0.05, 0) is 23.8 Å². The number of rotatable bonds is 17. The van der Waals surface area contributed by atoms with E-state index in [0.717, 1.165) is 22.4 Å². The molecule has 4 amide bonds. The minimum Gasteiger partial charge on any atom is -0.377 e. The maximum Gasteiger partial charge on any atom is 0.358 e. The van der Waals surface area contributed by atoms with Crippen LogP contribution in [0.4, 0.5) is 5.69 Å². The van der Waals surface area contributed by atoms with Gasteiger partial charge in [-0.2, -0.15) is 0 Å². The molecule has 2 aromatic carbocycles. The zero-order valence-electron chi connectivity index (χ0n) is 24.8. The molecule has 0 aromatic heterocycles. The summed E-state index contributed by atoms with van der Waals surface area (Å²) < 4.78 is 21.1. The zero-order valence-corrected chi connectivity index (χ0v) is 24.8. The molecule has 0 bridgehead atoms. The van der Waals surface area contributed by atoms with Crippen molar-refractivity contribution in [1.29, 1.82) is 0 Å². The maximum atomic E-state index is 13.2. The van der Waals surface area contributed by atoms with Gasteiger partial charge in [0.25, 0.3) is 11.8 Å². The Morgan fingerprint density at radius 2 is 1.31 bits per heavy atom. The highest BCUT2D eigenvalue weighted by atomic mass is 16.7. The van der Waals surface area contributed by atoms with Crippen LogP contribution in [0.5, 0.6) is 0 Å². The van der Waals surface area contributed by atoms with Crippen molar-refractivity contribution in [2.24, 2.45) is 0 Å². The van der Waals surface area contributed by atoms with E-state index in [9.17, 15) is 24.0 Å². The number of nitrogens with zero attached hydrogens (tertiary/aromatic N) is 2. The first-order valence-electron chi connectivity index (χ1n) is 14.6. The Morgan fingerprint density at radius 1 is 0.733 bits per heavy atom. The van der Waals surface area contributed by atoms with E-state index in [1.54, 1.807) is 4.90 Å². The van der Waals surface area contributed by atoms with Gasteiger partial charge in [0, 0.05) is 36.9 Å². The van der Waals surface area contributed by atoms with Gasteiger partial charge in [0.05, 0.1) is 51.9 Å². The fourth-order valence-electron chi connectivity index (χ4n) is 4.37. The molecule has 45 heavy (non-hydrogen) atoms. The molecule has 238 valence electrons. The number of nitrogens with one attached hydrogen (secondary N) is 1. The van der Waals surface area contributed by atoms with Crippen LogP contribution in [0.25, 0.3) is 0 Å². The monoisotopic (exact) mass is 621 g/mol. The molecular weight excluding hydrogens is 586 g/mol. The van der Waals surface area contributed by atoms with E-state index in [4.69, 9.17) is 18.9 Å². The number of amides is 4. The summed E-state index contributed by atoms with van der Waals surface area (Å²) in [6.07, 6.45) is 0.169. The van der Waals surface area contributed by atoms with Gasteiger partial charge in [-0.25, -0.2) is 4.79 Å². The van der Waals surface area contributed by atoms with Crippen molar-refractivity contribution >= 4 is 35.3 Å². The van der Waals surface area contributed by atoms with Gasteiger partial charge in [0.15, 0.2) is 0 Å². The van der Waals surface area contributed by atoms with Crippen molar-refractivity contribution in [3.05, 3.63) is 65.2 Å². The van der Waals surface area contributed by atoms with Crippen molar-refractivity contribution in [1.82, 2.24) is 10.4 Å². The fourth-order valence-corrected chi connectivity index (χ4v) is 4.37. The molecule has 13 heteroatoms. The molecule has 1 saturated heterocycles. The highest BCUT2D eigenvalue weighted by Gasteiger charge is 2.32. The Hall–Kier alpha value is -4.61. The summed E-state index contributed by atoms with van der Waals surface area (Å²) in [5.74, 6) is 3.95. The average molecular weight is 622 g/mol. The molecule has 13 nitrogen and oxygen atoms in total. The highest BCUT2D eigenvalue weighted by molar-refractivity contribution is 6.01. The molecule has 0 atom stereocenters. The second-order valence-corrected chi connectivity index (χ2v) is 9.88. The van der Waals surface area contributed by atoms with Gasteiger partial charge in [-0.15, -0.1) is 5.06 Å². The van der Waals surface area contributed by atoms with Gasteiger partial charge in [0.2, 0.25) is 11.8 Å². The molecule has 1 N–H and O–H groups in total. The quantitative estimate of drug-likeness (QED) is 0.155. The van der Waals surface area contributed by atoms with Gasteiger partial charge >= 0.3 is 5.97 Å². The minimum absolute atomic E-state index is 0.0246. The van der Waals surface area contributed by atoms with Crippen molar-refractivity contribution < 1.29 is 47.8 Å². The van der Waals surface area contributed by atoms with Crippen LogP contribution >= 0.6 is 0 Å².